The number of hydrogen-bond donors (Lipinski definition) is 1. The second-order valence-corrected chi connectivity index (χ2v) is 7.04. The molecule has 0 atom stereocenters. The largest absolute Gasteiger partial charge is 0.368 e. The van der Waals surface area contributed by atoms with E-state index < -0.39 is 0 Å². The van der Waals surface area contributed by atoms with E-state index in [0.717, 1.165) is 34.9 Å². The molecule has 2 aromatic carbocycles. The van der Waals surface area contributed by atoms with Crippen LogP contribution in [0.3, 0.4) is 0 Å². The lowest BCUT2D eigenvalue weighted by Gasteiger charge is -2.37. The van der Waals surface area contributed by atoms with Gasteiger partial charge in [-0.2, -0.15) is 0 Å². The van der Waals surface area contributed by atoms with Crippen molar-refractivity contribution in [2.24, 2.45) is 0 Å². The van der Waals surface area contributed by atoms with Gasteiger partial charge in [0.2, 0.25) is 0 Å². The van der Waals surface area contributed by atoms with Crippen LogP contribution in [0.25, 0.3) is 0 Å². The van der Waals surface area contributed by atoms with Crippen LogP contribution >= 0.6 is 11.6 Å². The molecule has 0 aromatic heterocycles. The molecule has 0 saturated carbocycles. The van der Waals surface area contributed by atoms with E-state index in [2.05, 4.69) is 23.2 Å². The van der Waals surface area contributed by atoms with Crippen LogP contribution < -0.4 is 10.2 Å². The highest BCUT2D eigenvalue weighted by molar-refractivity contribution is 6.30. The molecule has 1 aliphatic heterocycles. The second kappa shape index (κ2) is 7.36. The van der Waals surface area contributed by atoms with Crippen LogP contribution in [0.5, 0.6) is 0 Å². The van der Waals surface area contributed by atoms with Gasteiger partial charge in [-0.15, -0.1) is 0 Å². The fourth-order valence-electron chi connectivity index (χ4n) is 3.32. The third-order valence-corrected chi connectivity index (χ3v) is 5.01. The van der Waals surface area contributed by atoms with Gasteiger partial charge in [0.15, 0.2) is 0 Å². The highest BCUT2D eigenvalue weighted by atomic mass is 35.5. The zero-order valence-corrected chi connectivity index (χ0v) is 15.7. The normalized spacial score (nSPS) is 14.6. The summed E-state index contributed by atoms with van der Waals surface area (Å²) in [5, 5.41) is 3.83. The van der Waals surface area contributed by atoms with Gasteiger partial charge in [0, 0.05) is 42.6 Å². The van der Waals surface area contributed by atoms with Crippen LogP contribution in [-0.4, -0.2) is 37.1 Å². The van der Waals surface area contributed by atoms with Crippen LogP contribution in [0, 0.1) is 20.8 Å². The molecule has 1 saturated heterocycles. The first-order chi connectivity index (χ1) is 12.0. The fraction of sp³-hybridized carbons (Fsp3) is 0.350. The molecular weight excluding hydrogens is 334 g/mol. The minimum Gasteiger partial charge on any atom is -0.368 e. The van der Waals surface area contributed by atoms with Gasteiger partial charge in [0.1, 0.15) is 0 Å². The van der Waals surface area contributed by atoms with Crippen molar-refractivity contribution in [3.05, 3.63) is 58.1 Å². The van der Waals surface area contributed by atoms with Crippen molar-refractivity contribution in [1.29, 1.82) is 0 Å². The van der Waals surface area contributed by atoms with E-state index >= 15 is 0 Å². The molecule has 1 N–H and O–H groups in total. The summed E-state index contributed by atoms with van der Waals surface area (Å²) in [7, 11) is 0. The molecule has 1 aliphatic rings. The van der Waals surface area contributed by atoms with E-state index in [1.807, 2.05) is 49.1 Å². The van der Waals surface area contributed by atoms with Gasteiger partial charge in [-0.25, -0.2) is 4.79 Å². The molecule has 1 fully saturated rings. The molecule has 4 nitrogen and oxygen atoms in total. The first-order valence-corrected chi connectivity index (χ1v) is 8.97. The van der Waals surface area contributed by atoms with E-state index in [1.165, 1.54) is 11.3 Å². The van der Waals surface area contributed by atoms with Gasteiger partial charge in [-0.1, -0.05) is 29.8 Å². The Morgan fingerprint density at radius 3 is 2.20 bits per heavy atom. The molecule has 0 spiro atoms. The summed E-state index contributed by atoms with van der Waals surface area (Å²) in [4.78, 5) is 16.8. The van der Waals surface area contributed by atoms with E-state index in [0.29, 0.717) is 13.1 Å². The minimum absolute atomic E-state index is 0.0233. The van der Waals surface area contributed by atoms with Crippen molar-refractivity contribution in [2.75, 3.05) is 36.4 Å². The van der Waals surface area contributed by atoms with E-state index in [-0.39, 0.29) is 6.03 Å². The maximum Gasteiger partial charge on any atom is 0.321 e. The highest BCUT2D eigenvalue weighted by Gasteiger charge is 2.22. The number of rotatable bonds is 2. The van der Waals surface area contributed by atoms with Crippen molar-refractivity contribution in [1.82, 2.24) is 4.90 Å². The van der Waals surface area contributed by atoms with Crippen LogP contribution in [0.15, 0.2) is 36.4 Å². The number of piperazine rings is 1. The van der Waals surface area contributed by atoms with Crippen molar-refractivity contribution in [3.8, 4) is 0 Å². The summed E-state index contributed by atoms with van der Waals surface area (Å²) in [5.41, 5.74) is 5.45. The van der Waals surface area contributed by atoms with Gasteiger partial charge < -0.3 is 15.1 Å². The fourth-order valence-corrected chi connectivity index (χ4v) is 3.55. The third-order valence-electron chi connectivity index (χ3n) is 4.78. The summed E-state index contributed by atoms with van der Waals surface area (Å²) in [5.74, 6) is 0. The number of carbonyl (C=O) groups excluding carboxylic acids is 1. The lowest BCUT2D eigenvalue weighted by Crippen LogP contribution is -2.50. The molecule has 132 valence electrons. The maximum absolute atomic E-state index is 12.6. The SMILES string of the molecule is Cc1cc(Cl)ccc1N1CCN(C(=O)Nc2c(C)cccc2C)CC1. The Morgan fingerprint density at radius 1 is 0.960 bits per heavy atom. The van der Waals surface area contributed by atoms with Crippen molar-refractivity contribution < 1.29 is 4.79 Å². The van der Waals surface area contributed by atoms with Crippen molar-refractivity contribution in [2.45, 2.75) is 20.8 Å². The molecule has 2 amide bonds. The average Bonchev–Trinajstić information content (AvgIpc) is 2.58. The molecule has 5 heteroatoms. The number of amides is 2. The molecule has 0 aliphatic carbocycles. The summed E-state index contributed by atoms with van der Waals surface area (Å²) >= 11 is 6.04. The number of halogens is 1. The Labute approximate surface area is 154 Å². The molecule has 0 bridgehead atoms. The molecule has 0 unspecified atom stereocenters. The Morgan fingerprint density at radius 2 is 1.60 bits per heavy atom. The van der Waals surface area contributed by atoms with E-state index in [4.69, 9.17) is 11.6 Å². The average molecular weight is 358 g/mol. The minimum atomic E-state index is -0.0233. The first kappa shape index (κ1) is 17.6. The number of urea groups is 1. The number of nitrogens with one attached hydrogen (secondary N) is 1. The topological polar surface area (TPSA) is 35.6 Å². The van der Waals surface area contributed by atoms with Gasteiger partial charge in [0.25, 0.3) is 0 Å². The smallest absolute Gasteiger partial charge is 0.321 e. The van der Waals surface area contributed by atoms with Gasteiger partial charge >= 0.3 is 6.03 Å². The van der Waals surface area contributed by atoms with Crippen LogP contribution in [0.1, 0.15) is 16.7 Å². The predicted molar refractivity (Wildman–Crippen MR) is 105 cm³/mol. The number of aryl methyl sites for hydroxylation is 3. The quantitative estimate of drug-likeness (QED) is 0.851. The zero-order chi connectivity index (χ0) is 18.0. The van der Waals surface area contributed by atoms with E-state index in [9.17, 15) is 4.79 Å². The Balaban J connectivity index is 1.63. The summed E-state index contributed by atoms with van der Waals surface area (Å²) in [6, 6.07) is 12.0. The summed E-state index contributed by atoms with van der Waals surface area (Å²) in [6.07, 6.45) is 0. The summed E-state index contributed by atoms with van der Waals surface area (Å²) < 4.78 is 0. The van der Waals surface area contributed by atoms with Crippen molar-refractivity contribution >= 4 is 29.0 Å². The highest BCUT2D eigenvalue weighted by Crippen LogP contribution is 2.25. The maximum atomic E-state index is 12.6. The lowest BCUT2D eigenvalue weighted by atomic mass is 10.1. The molecule has 0 radical (unpaired) electrons. The summed E-state index contributed by atoms with van der Waals surface area (Å²) in [6.45, 7) is 9.16. The number of para-hydroxylation sites is 1. The van der Waals surface area contributed by atoms with Gasteiger partial charge in [-0.05, 0) is 55.7 Å². The standard InChI is InChI=1S/C20H24ClN3O/c1-14-5-4-6-15(2)19(14)22-20(25)24-11-9-23(10-12-24)18-8-7-17(21)13-16(18)3/h4-8,13H,9-12H2,1-3H3,(H,22,25). The Hall–Kier alpha value is -2.20. The van der Waals surface area contributed by atoms with Crippen molar-refractivity contribution in [3.63, 3.8) is 0 Å². The Bertz CT molecular complexity index is 762. The van der Waals surface area contributed by atoms with Crippen LogP contribution in [-0.2, 0) is 0 Å². The first-order valence-electron chi connectivity index (χ1n) is 8.59. The number of carbonyl (C=O) groups is 1. The number of nitrogens with zero attached hydrogens (tertiary/aromatic N) is 2. The monoisotopic (exact) mass is 357 g/mol. The zero-order valence-electron chi connectivity index (χ0n) is 15.0. The predicted octanol–water partition coefficient (Wildman–Crippen LogP) is 4.62. The number of hydrogen-bond acceptors (Lipinski definition) is 2. The van der Waals surface area contributed by atoms with Gasteiger partial charge in [-0.3, -0.25) is 0 Å². The number of anilines is 2. The molecule has 25 heavy (non-hydrogen) atoms. The molecular formula is C20H24ClN3O. The van der Waals surface area contributed by atoms with Crippen LogP contribution in [0.2, 0.25) is 5.02 Å². The molecule has 1 heterocycles. The van der Waals surface area contributed by atoms with E-state index in [1.54, 1.807) is 0 Å². The third kappa shape index (κ3) is 3.90. The lowest BCUT2D eigenvalue weighted by molar-refractivity contribution is 0.208. The Kier molecular flexibility index (Phi) is 5.19. The van der Waals surface area contributed by atoms with Crippen LogP contribution in [0.4, 0.5) is 16.2 Å². The number of benzene rings is 2. The molecule has 2 aromatic rings. The molecule has 3 rings (SSSR count). The second-order valence-electron chi connectivity index (χ2n) is 6.60. The van der Waals surface area contributed by atoms with Gasteiger partial charge in [0.05, 0.1) is 0 Å².